The summed E-state index contributed by atoms with van der Waals surface area (Å²) in [7, 11) is 1.38. The molecule has 0 radical (unpaired) electrons. The molecule has 0 bridgehead atoms. The molecule has 0 aliphatic carbocycles. The lowest BCUT2D eigenvalue weighted by molar-refractivity contribution is -0.137. The van der Waals surface area contributed by atoms with E-state index in [0.717, 1.165) is 12.1 Å². The van der Waals surface area contributed by atoms with Crippen molar-refractivity contribution in [1.82, 2.24) is 4.90 Å². The van der Waals surface area contributed by atoms with Crippen LogP contribution in [-0.2, 0) is 17.5 Å². The van der Waals surface area contributed by atoms with Crippen molar-refractivity contribution >= 4 is 6.09 Å². The van der Waals surface area contributed by atoms with Crippen LogP contribution in [0.25, 0.3) is 11.1 Å². The van der Waals surface area contributed by atoms with E-state index in [4.69, 9.17) is 9.47 Å². The predicted molar refractivity (Wildman–Crippen MR) is 133 cm³/mol. The standard InChI is InChI=1S/C29H28F5NO3/c1-15(2)21-12-22(26(37-5)13-25(21)31)20-7-6-8-24(30)23(20)14-35-17(4)27(38-28(35)36)18-9-16(3)10-19(11-18)29(32,33)34/h6-13,15,17,27H,14H2,1-5H3/t17-,27?/m0/s1. The second kappa shape index (κ2) is 10.3. The van der Waals surface area contributed by atoms with Gasteiger partial charge in [-0.05, 0) is 60.7 Å². The first-order valence-electron chi connectivity index (χ1n) is 12.1. The lowest BCUT2D eigenvalue weighted by atomic mass is 9.92. The number of carbonyl (C=O) groups is 1. The first kappa shape index (κ1) is 27.4. The maximum atomic E-state index is 15.3. The van der Waals surface area contributed by atoms with E-state index in [0.29, 0.717) is 22.3 Å². The normalized spacial score (nSPS) is 17.8. The van der Waals surface area contributed by atoms with Crippen LogP contribution in [0, 0.1) is 18.6 Å². The molecular weight excluding hydrogens is 505 g/mol. The fourth-order valence-electron chi connectivity index (χ4n) is 4.84. The van der Waals surface area contributed by atoms with Crippen LogP contribution < -0.4 is 4.74 Å². The molecule has 4 nitrogen and oxygen atoms in total. The van der Waals surface area contributed by atoms with E-state index in [1.165, 1.54) is 37.1 Å². The molecule has 1 aliphatic heterocycles. The van der Waals surface area contributed by atoms with Crippen molar-refractivity contribution in [2.75, 3.05) is 7.11 Å². The fourth-order valence-corrected chi connectivity index (χ4v) is 4.84. The first-order valence-corrected chi connectivity index (χ1v) is 12.1. The molecule has 0 spiro atoms. The maximum Gasteiger partial charge on any atom is 0.416 e. The van der Waals surface area contributed by atoms with Gasteiger partial charge < -0.3 is 9.47 Å². The Balaban J connectivity index is 1.73. The molecule has 1 aliphatic rings. The highest BCUT2D eigenvalue weighted by Gasteiger charge is 2.41. The Bertz CT molecular complexity index is 1370. The fraction of sp³-hybridized carbons (Fsp3) is 0.345. The minimum absolute atomic E-state index is 0.150. The van der Waals surface area contributed by atoms with Crippen molar-refractivity contribution < 1.29 is 36.2 Å². The van der Waals surface area contributed by atoms with Crippen molar-refractivity contribution in [2.24, 2.45) is 0 Å². The number of aryl methyl sites for hydroxylation is 1. The molecule has 1 amide bonds. The maximum absolute atomic E-state index is 15.3. The summed E-state index contributed by atoms with van der Waals surface area (Å²) in [5.41, 5.74) is 1.17. The van der Waals surface area contributed by atoms with Crippen molar-refractivity contribution in [3.63, 3.8) is 0 Å². The Morgan fingerprint density at radius 2 is 1.74 bits per heavy atom. The minimum atomic E-state index is -4.56. The summed E-state index contributed by atoms with van der Waals surface area (Å²) in [4.78, 5) is 14.2. The zero-order chi connectivity index (χ0) is 27.9. The van der Waals surface area contributed by atoms with E-state index in [1.807, 2.05) is 13.8 Å². The van der Waals surface area contributed by atoms with E-state index in [-0.39, 0.29) is 29.3 Å². The number of alkyl halides is 3. The van der Waals surface area contributed by atoms with Gasteiger partial charge in [-0.25, -0.2) is 13.6 Å². The molecule has 0 N–H and O–H groups in total. The van der Waals surface area contributed by atoms with Gasteiger partial charge in [0.1, 0.15) is 23.5 Å². The van der Waals surface area contributed by atoms with Gasteiger partial charge >= 0.3 is 12.3 Å². The highest BCUT2D eigenvalue weighted by molar-refractivity contribution is 5.76. The molecule has 1 heterocycles. The highest BCUT2D eigenvalue weighted by atomic mass is 19.4. The van der Waals surface area contributed by atoms with E-state index in [1.54, 1.807) is 25.1 Å². The predicted octanol–water partition coefficient (Wildman–Crippen LogP) is 8.17. The topological polar surface area (TPSA) is 38.8 Å². The van der Waals surface area contributed by atoms with Crippen LogP contribution in [0.5, 0.6) is 5.75 Å². The van der Waals surface area contributed by atoms with E-state index >= 15 is 4.39 Å². The van der Waals surface area contributed by atoms with Gasteiger partial charge in [-0.2, -0.15) is 13.2 Å². The lowest BCUT2D eigenvalue weighted by Crippen LogP contribution is -2.32. The lowest BCUT2D eigenvalue weighted by Gasteiger charge is -2.24. The van der Waals surface area contributed by atoms with Gasteiger partial charge in [0, 0.05) is 17.2 Å². The van der Waals surface area contributed by atoms with Crippen LogP contribution in [0.3, 0.4) is 0 Å². The van der Waals surface area contributed by atoms with Crippen molar-refractivity contribution in [2.45, 2.75) is 58.5 Å². The van der Waals surface area contributed by atoms with Crippen LogP contribution in [-0.4, -0.2) is 24.1 Å². The molecule has 202 valence electrons. The monoisotopic (exact) mass is 533 g/mol. The van der Waals surface area contributed by atoms with Crippen LogP contribution in [0.1, 0.15) is 60.6 Å². The van der Waals surface area contributed by atoms with Crippen LogP contribution in [0.2, 0.25) is 0 Å². The van der Waals surface area contributed by atoms with Crippen LogP contribution in [0.4, 0.5) is 26.7 Å². The number of methoxy groups -OCH3 is 1. The Kier molecular flexibility index (Phi) is 7.41. The minimum Gasteiger partial charge on any atom is -0.496 e. The summed E-state index contributed by atoms with van der Waals surface area (Å²) >= 11 is 0. The number of ether oxygens (including phenoxy) is 2. The second-order valence-corrected chi connectivity index (χ2v) is 9.80. The number of rotatable bonds is 6. The molecule has 0 aromatic heterocycles. The third kappa shape index (κ3) is 5.19. The van der Waals surface area contributed by atoms with Gasteiger partial charge in [-0.15, -0.1) is 0 Å². The van der Waals surface area contributed by atoms with Crippen molar-refractivity contribution in [3.05, 3.63) is 88.0 Å². The largest absolute Gasteiger partial charge is 0.496 e. The van der Waals surface area contributed by atoms with E-state index < -0.39 is 41.6 Å². The van der Waals surface area contributed by atoms with Crippen LogP contribution in [0.15, 0.2) is 48.5 Å². The molecule has 3 aromatic rings. The molecule has 0 saturated carbocycles. The first-order chi connectivity index (χ1) is 17.8. The number of hydrogen-bond donors (Lipinski definition) is 0. The van der Waals surface area contributed by atoms with Crippen molar-refractivity contribution in [1.29, 1.82) is 0 Å². The summed E-state index contributed by atoms with van der Waals surface area (Å²) in [5, 5.41) is 0. The molecule has 38 heavy (non-hydrogen) atoms. The number of amides is 1. The average molecular weight is 534 g/mol. The molecule has 3 aromatic carbocycles. The molecule has 1 unspecified atom stereocenters. The molecule has 9 heteroatoms. The SMILES string of the molecule is COc1cc(F)c(C(C)C)cc1-c1cccc(F)c1CN1C(=O)OC(c2cc(C)cc(C(F)(F)F)c2)[C@@H]1C. The van der Waals surface area contributed by atoms with Crippen molar-refractivity contribution in [3.8, 4) is 16.9 Å². The van der Waals surface area contributed by atoms with E-state index in [9.17, 15) is 22.4 Å². The highest BCUT2D eigenvalue weighted by Crippen LogP contribution is 2.41. The van der Waals surface area contributed by atoms with Gasteiger partial charge in [0.05, 0.1) is 25.3 Å². The second-order valence-electron chi connectivity index (χ2n) is 9.80. The Hall–Kier alpha value is -3.62. The number of halogens is 5. The molecule has 1 saturated heterocycles. The van der Waals surface area contributed by atoms with Gasteiger partial charge in [0.2, 0.25) is 0 Å². The molecule has 1 fully saturated rings. The Morgan fingerprint density at radius 3 is 2.37 bits per heavy atom. The van der Waals surface area contributed by atoms with Gasteiger partial charge in [0.25, 0.3) is 0 Å². The molecule has 2 atom stereocenters. The number of nitrogens with zero attached hydrogens (tertiary/aromatic N) is 1. The van der Waals surface area contributed by atoms with Gasteiger partial charge in [0.15, 0.2) is 0 Å². The number of benzene rings is 3. The average Bonchev–Trinajstić information content (AvgIpc) is 3.12. The molecular formula is C29H28F5NO3. The summed E-state index contributed by atoms with van der Waals surface area (Å²) in [6, 6.07) is 10.1. The summed E-state index contributed by atoms with van der Waals surface area (Å²) in [6.07, 6.45) is -6.32. The zero-order valence-electron chi connectivity index (χ0n) is 21.6. The third-order valence-corrected chi connectivity index (χ3v) is 6.83. The van der Waals surface area contributed by atoms with E-state index in [2.05, 4.69) is 0 Å². The number of hydrogen-bond acceptors (Lipinski definition) is 3. The summed E-state index contributed by atoms with van der Waals surface area (Å²) in [5.74, 6) is -0.997. The Labute approximate surface area is 218 Å². The summed E-state index contributed by atoms with van der Waals surface area (Å²) in [6.45, 7) is 6.62. The number of cyclic esters (lactones) is 1. The molecule has 4 rings (SSSR count). The van der Waals surface area contributed by atoms with Crippen LogP contribution >= 0.6 is 0 Å². The third-order valence-electron chi connectivity index (χ3n) is 6.83. The zero-order valence-corrected chi connectivity index (χ0v) is 21.6. The van der Waals surface area contributed by atoms with Gasteiger partial charge in [-0.3, -0.25) is 4.90 Å². The quantitative estimate of drug-likeness (QED) is 0.300. The number of carbonyl (C=O) groups excluding carboxylic acids is 1. The Morgan fingerprint density at radius 1 is 1.03 bits per heavy atom. The smallest absolute Gasteiger partial charge is 0.416 e. The van der Waals surface area contributed by atoms with Gasteiger partial charge in [-0.1, -0.05) is 37.6 Å². The summed E-state index contributed by atoms with van der Waals surface area (Å²) < 4.78 is 80.9.